The first-order chi connectivity index (χ1) is 7.53. The Hall–Kier alpha value is -1.85. The van der Waals surface area contributed by atoms with Gasteiger partial charge in [-0.05, 0) is 23.6 Å². The van der Waals surface area contributed by atoms with E-state index in [0.717, 1.165) is 10.9 Å². The molecule has 2 heterocycles. The minimum Gasteiger partial charge on any atom is -0.361 e. The van der Waals surface area contributed by atoms with Gasteiger partial charge >= 0.3 is 11.8 Å². The highest BCUT2D eigenvalue weighted by atomic mass is 19.4. The maximum absolute atomic E-state index is 12.7. The fraction of sp³-hybridized carbons (Fsp3) is 0.200. The summed E-state index contributed by atoms with van der Waals surface area (Å²) in [6, 6.07) is 6.17. The second-order valence-corrected chi connectivity index (χ2v) is 3.65. The molecule has 0 atom stereocenters. The Labute approximate surface area is 88.0 Å². The van der Waals surface area contributed by atoms with Crippen LogP contribution in [0.2, 0.25) is 0 Å². The van der Waals surface area contributed by atoms with Crippen molar-refractivity contribution in [1.82, 2.24) is 4.98 Å². The Morgan fingerprint density at radius 1 is 1.12 bits per heavy atom. The summed E-state index contributed by atoms with van der Waals surface area (Å²) in [7, 11) is 0. The third-order valence-corrected chi connectivity index (χ3v) is 2.65. The minimum absolute atomic E-state index is 0.0621. The molecule has 0 unspecified atom stereocenters. The lowest BCUT2D eigenvalue weighted by Crippen LogP contribution is -2.29. The van der Waals surface area contributed by atoms with Crippen LogP contribution in [0.5, 0.6) is 0 Å². The van der Waals surface area contributed by atoms with Gasteiger partial charge in [-0.1, -0.05) is 6.07 Å². The van der Waals surface area contributed by atoms with Crippen LogP contribution in [0.15, 0.2) is 40.7 Å². The monoisotopic (exact) mass is 225 g/mol. The molecule has 82 valence electrons. The molecular weight excluding hydrogens is 219 g/mol. The van der Waals surface area contributed by atoms with E-state index in [2.05, 4.69) is 15.2 Å². The first kappa shape index (κ1) is 9.38. The Morgan fingerprint density at radius 2 is 1.88 bits per heavy atom. The van der Waals surface area contributed by atoms with E-state index in [0.29, 0.717) is 0 Å². The van der Waals surface area contributed by atoms with Crippen molar-refractivity contribution in [3.8, 4) is 0 Å². The highest BCUT2D eigenvalue weighted by molar-refractivity contribution is 5.80. The number of halogens is 3. The number of fused-ring (bicyclic) bond motifs is 1. The van der Waals surface area contributed by atoms with Crippen molar-refractivity contribution in [1.29, 1.82) is 0 Å². The third kappa shape index (κ3) is 1.09. The fourth-order valence-electron chi connectivity index (χ4n) is 1.71. The first-order valence-electron chi connectivity index (χ1n) is 4.61. The molecule has 0 amide bonds. The normalized spacial score (nSPS) is 17.9. The summed E-state index contributed by atoms with van der Waals surface area (Å²) in [5, 5.41) is 7.03. The van der Waals surface area contributed by atoms with Crippen LogP contribution in [-0.2, 0) is 5.66 Å². The predicted octanol–water partition coefficient (Wildman–Crippen LogP) is 3.35. The zero-order valence-corrected chi connectivity index (χ0v) is 7.92. The summed E-state index contributed by atoms with van der Waals surface area (Å²) in [5.41, 5.74) is -1.47. The molecule has 1 N–H and O–H groups in total. The Bertz CT molecular complexity index is 576. The van der Waals surface area contributed by atoms with Crippen LogP contribution >= 0.6 is 0 Å². The van der Waals surface area contributed by atoms with E-state index in [1.807, 2.05) is 0 Å². The summed E-state index contributed by atoms with van der Waals surface area (Å²) in [4.78, 5) is 2.91. The third-order valence-electron chi connectivity index (χ3n) is 2.65. The summed E-state index contributed by atoms with van der Waals surface area (Å²) in [6.45, 7) is 0. The molecule has 0 radical (unpaired) electrons. The van der Waals surface area contributed by atoms with E-state index in [1.165, 1.54) is 12.1 Å². The topological polar surface area (TPSA) is 40.5 Å². The van der Waals surface area contributed by atoms with Crippen LogP contribution in [0.1, 0.15) is 5.56 Å². The number of benzene rings is 1. The van der Waals surface area contributed by atoms with Gasteiger partial charge < -0.3 is 4.98 Å². The van der Waals surface area contributed by atoms with Gasteiger partial charge in [-0.25, -0.2) is 0 Å². The number of rotatable bonds is 1. The number of nitrogens with one attached hydrogen (secondary N) is 1. The van der Waals surface area contributed by atoms with Crippen LogP contribution in [0.25, 0.3) is 10.9 Å². The largest absolute Gasteiger partial charge is 0.442 e. The molecule has 2 aromatic rings. The predicted molar refractivity (Wildman–Crippen MR) is 50.9 cm³/mol. The molecule has 1 aliphatic heterocycles. The Balaban J connectivity index is 2.13. The number of H-pyrrole nitrogens is 1. The van der Waals surface area contributed by atoms with E-state index in [9.17, 15) is 13.2 Å². The summed E-state index contributed by atoms with van der Waals surface area (Å²) < 4.78 is 38.1. The van der Waals surface area contributed by atoms with Gasteiger partial charge in [0.2, 0.25) is 0 Å². The number of hydrogen-bond donors (Lipinski definition) is 1. The van der Waals surface area contributed by atoms with Crippen molar-refractivity contribution in [2.75, 3.05) is 0 Å². The quantitative estimate of drug-likeness (QED) is 0.773. The molecule has 0 aliphatic carbocycles. The molecule has 0 spiro atoms. The zero-order valence-electron chi connectivity index (χ0n) is 7.92. The van der Waals surface area contributed by atoms with Gasteiger partial charge in [-0.3, -0.25) is 0 Å². The van der Waals surface area contributed by atoms with Crippen molar-refractivity contribution in [3.63, 3.8) is 0 Å². The Morgan fingerprint density at radius 3 is 2.50 bits per heavy atom. The molecule has 1 aromatic carbocycles. The number of nitrogens with zero attached hydrogens (tertiary/aromatic N) is 2. The highest BCUT2D eigenvalue weighted by Gasteiger charge is 2.65. The molecule has 3 nitrogen and oxygen atoms in total. The van der Waals surface area contributed by atoms with Crippen LogP contribution < -0.4 is 0 Å². The van der Waals surface area contributed by atoms with Crippen molar-refractivity contribution >= 4 is 10.9 Å². The molecule has 0 saturated carbocycles. The average molecular weight is 225 g/mol. The van der Waals surface area contributed by atoms with Gasteiger partial charge in [-0.15, -0.1) is 10.2 Å². The molecule has 0 bridgehead atoms. The van der Waals surface area contributed by atoms with Crippen LogP contribution in [-0.4, -0.2) is 11.2 Å². The lowest BCUT2D eigenvalue weighted by molar-refractivity contribution is -0.166. The number of aromatic amines is 1. The van der Waals surface area contributed by atoms with E-state index >= 15 is 0 Å². The van der Waals surface area contributed by atoms with E-state index < -0.39 is 11.8 Å². The van der Waals surface area contributed by atoms with Crippen molar-refractivity contribution in [2.24, 2.45) is 10.2 Å². The van der Waals surface area contributed by atoms with Crippen molar-refractivity contribution in [3.05, 3.63) is 36.0 Å². The van der Waals surface area contributed by atoms with Gasteiger partial charge in [0.05, 0.1) is 0 Å². The van der Waals surface area contributed by atoms with Gasteiger partial charge in [0.15, 0.2) is 0 Å². The zero-order chi connectivity index (χ0) is 11.4. The molecular formula is C10H6F3N3. The van der Waals surface area contributed by atoms with E-state index in [-0.39, 0.29) is 5.56 Å². The van der Waals surface area contributed by atoms with E-state index in [1.54, 1.807) is 18.3 Å². The maximum atomic E-state index is 12.7. The average Bonchev–Trinajstić information content (AvgIpc) is 2.91. The van der Waals surface area contributed by atoms with Crippen molar-refractivity contribution < 1.29 is 13.2 Å². The number of alkyl halides is 3. The second kappa shape index (κ2) is 2.63. The number of aromatic nitrogens is 1. The molecule has 1 aliphatic rings. The SMILES string of the molecule is FC(F)(F)C1(c2ccc3[nH]ccc3c2)N=N1. The van der Waals surface area contributed by atoms with Crippen LogP contribution in [0.3, 0.4) is 0 Å². The smallest absolute Gasteiger partial charge is 0.361 e. The van der Waals surface area contributed by atoms with E-state index in [4.69, 9.17) is 0 Å². The maximum Gasteiger partial charge on any atom is 0.442 e. The van der Waals surface area contributed by atoms with Crippen LogP contribution in [0.4, 0.5) is 13.2 Å². The molecule has 1 aromatic heterocycles. The molecule has 0 fully saturated rings. The minimum atomic E-state index is -4.46. The molecule has 16 heavy (non-hydrogen) atoms. The fourth-order valence-corrected chi connectivity index (χ4v) is 1.71. The molecule has 3 rings (SSSR count). The van der Waals surface area contributed by atoms with Crippen molar-refractivity contribution in [2.45, 2.75) is 11.8 Å². The summed E-state index contributed by atoms with van der Waals surface area (Å²) in [6.07, 6.45) is -2.78. The van der Waals surface area contributed by atoms with Gasteiger partial charge in [0, 0.05) is 17.3 Å². The second-order valence-electron chi connectivity index (χ2n) is 3.65. The first-order valence-corrected chi connectivity index (χ1v) is 4.61. The summed E-state index contributed by atoms with van der Waals surface area (Å²) in [5.74, 6) is 0. The lowest BCUT2D eigenvalue weighted by atomic mass is 10.0. The standard InChI is InChI=1S/C10H6F3N3/c11-10(12,13)9(15-16-9)7-1-2-8-6(5-7)3-4-14-8/h1-5,14H. The van der Waals surface area contributed by atoms with Gasteiger partial charge in [0.1, 0.15) is 0 Å². The van der Waals surface area contributed by atoms with Crippen LogP contribution in [0, 0.1) is 0 Å². The molecule has 0 saturated heterocycles. The van der Waals surface area contributed by atoms with Gasteiger partial charge in [0.25, 0.3) is 0 Å². The summed E-state index contributed by atoms with van der Waals surface area (Å²) >= 11 is 0. The number of hydrogen-bond acceptors (Lipinski definition) is 2. The lowest BCUT2D eigenvalue weighted by Gasteiger charge is -2.14. The van der Waals surface area contributed by atoms with Gasteiger partial charge in [-0.2, -0.15) is 13.2 Å². The molecule has 6 heteroatoms. The Kier molecular flexibility index (Phi) is 1.54. The highest BCUT2D eigenvalue weighted by Crippen LogP contribution is 2.52.